The average Bonchev–Trinajstić information content (AvgIpc) is 2.68. The first-order chi connectivity index (χ1) is 13.6. The second-order valence-electron chi connectivity index (χ2n) is 7.11. The maximum Gasteiger partial charge on any atom is 0.340 e. The van der Waals surface area contributed by atoms with Crippen molar-refractivity contribution in [2.24, 2.45) is 0 Å². The molecule has 2 aromatic carbocycles. The Hall–Kier alpha value is -2.69. The third-order valence-corrected chi connectivity index (χ3v) is 4.33. The van der Waals surface area contributed by atoms with Crippen LogP contribution in [0.2, 0.25) is 0 Å². The summed E-state index contributed by atoms with van der Waals surface area (Å²) in [6.07, 6.45) is 0. The molecule has 158 valence electrons. The van der Waals surface area contributed by atoms with E-state index >= 15 is 0 Å². The molecule has 0 bridgehead atoms. The van der Waals surface area contributed by atoms with Crippen LogP contribution in [0, 0.1) is 11.6 Å². The number of carbonyl (C=O) groups is 1. The maximum absolute atomic E-state index is 14.0. The number of ether oxygens (including phenoxy) is 2. The van der Waals surface area contributed by atoms with Gasteiger partial charge in [-0.3, -0.25) is 0 Å². The standard InChI is InChI=1S/C13H17FO.C11H13FO2/c1-5-15-10(4)12-8-6-7-11(9(2)3)13(12)14;1-7(2)8-4-5-10(12)9(6-8)11(13)14-3/h6-9H,4-5H2,1-3H3;4-7H,1-3H3. The molecule has 0 aliphatic heterocycles. The van der Waals surface area contributed by atoms with Gasteiger partial charge in [0.15, 0.2) is 0 Å². The highest BCUT2D eigenvalue weighted by Crippen LogP contribution is 2.25. The predicted molar refractivity (Wildman–Crippen MR) is 113 cm³/mol. The van der Waals surface area contributed by atoms with E-state index in [4.69, 9.17) is 4.74 Å². The molecule has 0 saturated carbocycles. The molecule has 0 unspecified atom stereocenters. The number of rotatable bonds is 6. The van der Waals surface area contributed by atoms with Crippen LogP contribution in [0.3, 0.4) is 0 Å². The number of halogens is 2. The van der Waals surface area contributed by atoms with Gasteiger partial charge in [-0.15, -0.1) is 0 Å². The van der Waals surface area contributed by atoms with Gasteiger partial charge in [0.1, 0.15) is 17.4 Å². The third-order valence-electron chi connectivity index (χ3n) is 4.33. The molecular weight excluding hydrogens is 374 g/mol. The summed E-state index contributed by atoms with van der Waals surface area (Å²) in [5.41, 5.74) is 2.09. The lowest BCUT2D eigenvalue weighted by molar-refractivity contribution is 0.0595. The summed E-state index contributed by atoms with van der Waals surface area (Å²) in [6.45, 7) is 14.0. The van der Waals surface area contributed by atoms with Gasteiger partial charge in [-0.25, -0.2) is 13.6 Å². The average molecular weight is 404 g/mol. The molecule has 3 nitrogen and oxygen atoms in total. The number of hydrogen-bond acceptors (Lipinski definition) is 3. The van der Waals surface area contributed by atoms with Gasteiger partial charge >= 0.3 is 5.97 Å². The highest BCUT2D eigenvalue weighted by molar-refractivity contribution is 5.89. The molecule has 0 saturated heterocycles. The topological polar surface area (TPSA) is 35.5 Å². The Morgan fingerprint density at radius 2 is 1.69 bits per heavy atom. The lowest BCUT2D eigenvalue weighted by Crippen LogP contribution is -2.05. The largest absolute Gasteiger partial charge is 0.494 e. The van der Waals surface area contributed by atoms with E-state index in [9.17, 15) is 13.6 Å². The minimum Gasteiger partial charge on any atom is -0.494 e. The normalized spacial score (nSPS) is 10.4. The van der Waals surface area contributed by atoms with Gasteiger partial charge < -0.3 is 9.47 Å². The van der Waals surface area contributed by atoms with Crippen LogP contribution < -0.4 is 0 Å². The van der Waals surface area contributed by atoms with Crippen molar-refractivity contribution in [1.82, 2.24) is 0 Å². The number of carbonyl (C=O) groups excluding carboxylic acids is 1. The zero-order valence-electron chi connectivity index (χ0n) is 18.0. The molecule has 2 rings (SSSR count). The van der Waals surface area contributed by atoms with Gasteiger partial charge in [0.25, 0.3) is 0 Å². The second-order valence-corrected chi connectivity index (χ2v) is 7.11. The van der Waals surface area contributed by atoms with Gasteiger partial charge in [-0.05, 0) is 48.1 Å². The highest BCUT2D eigenvalue weighted by Gasteiger charge is 2.14. The Bertz CT molecular complexity index is 842. The van der Waals surface area contributed by atoms with Crippen molar-refractivity contribution in [1.29, 1.82) is 0 Å². The Morgan fingerprint density at radius 3 is 2.21 bits per heavy atom. The molecule has 0 aromatic heterocycles. The fourth-order valence-corrected chi connectivity index (χ4v) is 2.63. The molecule has 0 aliphatic carbocycles. The van der Waals surface area contributed by atoms with Gasteiger partial charge in [-0.2, -0.15) is 0 Å². The van der Waals surface area contributed by atoms with Crippen LogP contribution in [0.4, 0.5) is 8.78 Å². The number of methoxy groups -OCH3 is 1. The summed E-state index contributed by atoms with van der Waals surface area (Å²) in [5, 5.41) is 0. The van der Waals surface area contributed by atoms with Crippen molar-refractivity contribution in [3.63, 3.8) is 0 Å². The molecule has 0 fully saturated rings. The fraction of sp³-hybridized carbons (Fsp3) is 0.375. The number of hydrogen-bond donors (Lipinski definition) is 0. The fourth-order valence-electron chi connectivity index (χ4n) is 2.63. The summed E-state index contributed by atoms with van der Waals surface area (Å²) >= 11 is 0. The van der Waals surface area contributed by atoms with E-state index in [1.807, 2.05) is 40.7 Å². The van der Waals surface area contributed by atoms with Crippen LogP contribution in [0.5, 0.6) is 0 Å². The molecular formula is C24H30F2O3. The molecule has 0 heterocycles. The summed E-state index contributed by atoms with van der Waals surface area (Å²) in [7, 11) is 1.24. The van der Waals surface area contributed by atoms with Gasteiger partial charge in [0.05, 0.1) is 24.8 Å². The van der Waals surface area contributed by atoms with Crippen molar-refractivity contribution in [2.45, 2.75) is 46.5 Å². The molecule has 2 aromatic rings. The van der Waals surface area contributed by atoms with E-state index in [1.54, 1.807) is 18.2 Å². The Kier molecular flexibility index (Phi) is 9.53. The van der Waals surface area contributed by atoms with Crippen LogP contribution >= 0.6 is 0 Å². The van der Waals surface area contributed by atoms with Crippen LogP contribution in [-0.2, 0) is 9.47 Å². The van der Waals surface area contributed by atoms with E-state index in [0.29, 0.717) is 23.5 Å². The summed E-state index contributed by atoms with van der Waals surface area (Å²) in [4.78, 5) is 11.1. The lowest BCUT2D eigenvalue weighted by atomic mass is 9.99. The van der Waals surface area contributed by atoms with Crippen LogP contribution in [0.25, 0.3) is 5.76 Å². The molecule has 0 amide bonds. The first-order valence-corrected chi connectivity index (χ1v) is 9.62. The third kappa shape index (κ3) is 6.70. The summed E-state index contributed by atoms with van der Waals surface area (Å²) < 4.78 is 36.8. The first kappa shape index (κ1) is 24.3. The van der Waals surface area contributed by atoms with Crippen LogP contribution in [0.15, 0.2) is 43.0 Å². The monoisotopic (exact) mass is 404 g/mol. The van der Waals surface area contributed by atoms with E-state index in [1.165, 1.54) is 19.2 Å². The second kappa shape index (κ2) is 11.3. The van der Waals surface area contributed by atoms with Gasteiger partial charge in [-0.1, -0.05) is 52.5 Å². The molecule has 29 heavy (non-hydrogen) atoms. The summed E-state index contributed by atoms with van der Waals surface area (Å²) in [5.74, 6) is -0.562. The molecule has 0 N–H and O–H groups in total. The minimum atomic E-state index is -0.634. The predicted octanol–water partition coefficient (Wildman–Crippen LogP) is 6.69. The van der Waals surface area contributed by atoms with E-state index in [-0.39, 0.29) is 23.2 Å². The van der Waals surface area contributed by atoms with Crippen molar-refractivity contribution < 1.29 is 23.0 Å². The maximum atomic E-state index is 14.0. The van der Waals surface area contributed by atoms with E-state index < -0.39 is 11.8 Å². The minimum absolute atomic E-state index is 0.00120. The van der Waals surface area contributed by atoms with E-state index in [0.717, 1.165) is 5.56 Å². The first-order valence-electron chi connectivity index (χ1n) is 9.62. The SMILES string of the molecule is C=C(OCC)c1cccc(C(C)C)c1F.COC(=O)c1cc(C(C)C)ccc1F. The Labute approximate surface area is 172 Å². The molecule has 0 spiro atoms. The smallest absolute Gasteiger partial charge is 0.340 e. The Morgan fingerprint density at radius 1 is 1.03 bits per heavy atom. The van der Waals surface area contributed by atoms with Crippen molar-refractivity contribution in [3.05, 3.63) is 76.9 Å². The molecule has 0 radical (unpaired) electrons. The zero-order chi connectivity index (χ0) is 22.1. The van der Waals surface area contributed by atoms with Crippen LogP contribution in [-0.4, -0.2) is 19.7 Å². The molecule has 0 aliphatic rings. The van der Waals surface area contributed by atoms with Crippen molar-refractivity contribution >= 4 is 11.7 Å². The Balaban J connectivity index is 0.000000291. The molecule has 5 heteroatoms. The highest BCUT2D eigenvalue weighted by atomic mass is 19.1. The zero-order valence-corrected chi connectivity index (χ0v) is 18.0. The quantitative estimate of drug-likeness (QED) is 0.397. The van der Waals surface area contributed by atoms with Gasteiger partial charge in [0.2, 0.25) is 0 Å². The number of benzene rings is 2. The van der Waals surface area contributed by atoms with Crippen molar-refractivity contribution in [2.75, 3.05) is 13.7 Å². The molecule has 0 atom stereocenters. The van der Waals surface area contributed by atoms with Gasteiger partial charge in [0, 0.05) is 0 Å². The lowest BCUT2D eigenvalue weighted by Gasteiger charge is -2.12. The number of esters is 1. The van der Waals surface area contributed by atoms with Crippen LogP contribution in [0.1, 0.15) is 73.5 Å². The van der Waals surface area contributed by atoms with E-state index in [2.05, 4.69) is 11.3 Å². The van der Waals surface area contributed by atoms with Crippen molar-refractivity contribution in [3.8, 4) is 0 Å². The summed E-state index contributed by atoms with van der Waals surface area (Å²) in [6, 6.07) is 9.82.